The van der Waals surface area contributed by atoms with Gasteiger partial charge in [-0.1, -0.05) is 0 Å². The van der Waals surface area contributed by atoms with Gasteiger partial charge in [0.15, 0.2) is 0 Å². The molecular weight excluding hydrogens is 364 g/mol. The van der Waals surface area contributed by atoms with Gasteiger partial charge in [0.25, 0.3) is 0 Å². The third-order valence-electron chi connectivity index (χ3n) is 5.68. The Morgan fingerprint density at radius 3 is 2.85 bits per heavy atom. The molecule has 148 valence electrons. The summed E-state index contributed by atoms with van der Waals surface area (Å²) in [6.07, 6.45) is 8.87. The molecule has 3 heterocycles. The fourth-order valence-electron chi connectivity index (χ4n) is 4.14. The van der Waals surface area contributed by atoms with Gasteiger partial charge in [0.2, 0.25) is 5.91 Å². The zero-order valence-electron chi connectivity index (χ0n) is 16.2. The average Bonchev–Trinajstić information content (AvgIpc) is 3.32. The van der Waals surface area contributed by atoms with Crippen LogP contribution in [0.2, 0.25) is 0 Å². The van der Waals surface area contributed by atoms with E-state index in [4.69, 9.17) is 5.10 Å². The van der Waals surface area contributed by atoms with Gasteiger partial charge in [-0.15, -0.1) is 12.4 Å². The van der Waals surface area contributed by atoms with Crippen LogP contribution >= 0.6 is 12.4 Å². The van der Waals surface area contributed by atoms with Crippen LogP contribution in [-0.2, 0) is 24.7 Å². The van der Waals surface area contributed by atoms with Gasteiger partial charge in [-0.25, -0.2) is 0 Å². The molecule has 0 aromatic carbocycles. The normalized spacial score (nSPS) is 24.5. The van der Waals surface area contributed by atoms with Crippen molar-refractivity contribution in [3.05, 3.63) is 35.4 Å². The number of hydrogen-bond acceptors (Lipinski definition) is 4. The zero-order chi connectivity index (χ0) is 18.3. The first kappa shape index (κ1) is 19.9. The molecule has 7 nitrogen and oxygen atoms in total. The summed E-state index contributed by atoms with van der Waals surface area (Å²) in [6, 6.07) is 0.555. The first-order chi connectivity index (χ1) is 12.5. The molecule has 27 heavy (non-hydrogen) atoms. The Morgan fingerprint density at radius 2 is 2.15 bits per heavy atom. The number of hydrogen-bond donors (Lipinski definition) is 2. The van der Waals surface area contributed by atoms with Crippen molar-refractivity contribution in [1.82, 2.24) is 30.2 Å². The van der Waals surface area contributed by atoms with Gasteiger partial charge in [-0.2, -0.15) is 10.2 Å². The molecule has 1 fully saturated rings. The number of aromatic nitrogens is 4. The molecule has 3 atom stereocenters. The minimum Gasteiger partial charge on any atom is -0.353 e. The van der Waals surface area contributed by atoms with Crippen LogP contribution in [0.1, 0.15) is 49.0 Å². The van der Waals surface area contributed by atoms with Crippen molar-refractivity contribution in [3.63, 3.8) is 0 Å². The Balaban J connectivity index is 0.00000210. The molecular formula is C19H29ClN6O. The summed E-state index contributed by atoms with van der Waals surface area (Å²) >= 11 is 0. The lowest BCUT2D eigenvalue weighted by atomic mass is 9.88. The van der Waals surface area contributed by atoms with E-state index in [2.05, 4.69) is 35.8 Å². The maximum atomic E-state index is 12.9. The molecule has 1 aliphatic carbocycles. The van der Waals surface area contributed by atoms with Crippen molar-refractivity contribution in [1.29, 1.82) is 0 Å². The zero-order valence-corrected chi connectivity index (χ0v) is 17.0. The molecule has 0 spiro atoms. The van der Waals surface area contributed by atoms with E-state index < -0.39 is 0 Å². The first-order valence-corrected chi connectivity index (χ1v) is 9.58. The third kappa shape index (κ3) is 4.04. The lowest BCUT2D eigenvalue weighted by molar-refractivity contribution is -0.125. The van der Waals surface area contributed by atoms with Gasteiger partial charge in [0.1, 0.15) is 0 Å². The molecule has 4 rings (SSSR count). The minimum absolute atomic E-state index is 0. The summed E-state index contributed by atoms with van der Waals surface area (Å²) in [5, 5.41) is 15.6. The van der Waals surface area contributed by atoms with Gasteiger partial charge in [-0.05, 0) is 37.8 Å². The van der Waals surface area contributed by atoms with E-state index in [1.165, 1.54) is 5.56 Å². The lowest BCUT2D eigenvalue weighted by Crippen LogP contribution is -2.43. The summed E-state index contributed by atoms with van der Waals surface area (Å²) in [4.78, 5) is 12.9. The number of carbonyl (C=O) groups excluding carboxylic acids is 1. The molecule has 0 radical (unpaired) electrons. The van der Waals surface area contributed by atoms with Crippen LogP contribution in [0.15, 0.2) is 18.6 Å². The Hall–Kier alpha value is -1.86. The Kier molecular flexibility index (Phi) is 5.91. The second-order valence-electron chi connectivity index (χ2n) is 7.94. The van der Waals surface area contributed by atoms with Crippen LogP contribution in [-0.4, -0.2) is 44.6 Å². The van der Waals surface area contributed by atoms with Gasteiger partial charge >= 0.3 is 0 Å². The van der Waals surface area contributed by atoms with Crippen LogP contribution < -0.4 is 10.6 Å². The number of aryl methyl sites for hydroxylation is 2. The topological polar surface area (TPSA) is 76.8 Å². The molecule has 2 aromatic heterocycles. The maximum absolute atomic E-state index is 12.9. The fourth-order valence-corrected chi connectivity index (χ4v) is 4.14. The van der Waals surface area contributed by atoms with Crippen molar-refractivity contribution in [2.24, 2.45) is 13.0 Å². The lowest BCUT2D eigenvalue weighted by Gasteiger charge is -2.25. The van der Waals surface area contributed by atoms with Crippen LogP contribution in [0.3, 0.4) is 0 Å². The van der Waals surface area contributed by atoms with Crippen LogP contribution in [0.25, 0.3) is 0 Å². The molecule has 1 unspecified atom stereocenters. The minimum atomic E-state index is -0.0335. The highest BCUT2D eigenvalue weighted by Gasteiger charge is 2.36. The Morgan fingerprint density at radius 1 is 1.33 bits per heavy atom. The molecule has 8 heteroatoms. The van der Waals surface area contributed by atoms with Gasteiger partial charge in [-0.3, -0.25) is 14.2 Å². The van der Waals surface area contributed by atoms with Crippen molar-refractivity contribution < 1.29 is 4.79 Å². The third-order valence-corrected chi connectivity index (χ3v) is 5.68. The van der Waals surface area contributed by atoms with E-state index in [1.807, 2.05) is 24.1 Å². The van der Waals surface area contributed by atoms with E-state index in [0.717, 1.165) is 43.6 Å². The summed E-state index contributed by atoms with van der Waals surface area (Å²) in [6.45, 7) is 5.84. The van der Waals surface area contributed by atoms with Crippen molar-refractivity contribution >= 4 is 18.3 Å². The van der Waals surface area contributed by atoms with Gasteiger partial charge < -0.3 is 10.6 Å². The number of nitrogens with zero attached hydrogens (tertiary/aromatic N) is 4. The largest absolute Gasteiger partial charge is 0.353 e. The van der Waals surface area contributed by atoms with E-state index in [9.17, 15) is 4.79 Å². The van der Waals surface area contributed by atoms with E-state index in [-0.39, 0.29) is 36.2 Å². The standard InChI is InChI=1S/C19H28N6O.ClH/c1-12(2)25-11-13-4-5-15(6-18(13)23-25)22-19(26)17-9-20-8-16(17)14-7-21-24(3)10-14;/h7,10-12,15-17,20H,4-6,8-9H2,1-3H3,(H,22,26);1H/t15?,16-,17+;/m1./s1. The quantitative estimate of drug-likeness (QED) is 0.828. The second-order valence-corrected chi connectivity index (χ2v) is 7.94. The Labute approximate surface area is 166 Å². The van der Waals surface area contributed by atoms with Crippen molar-refractivity contribution in [2.75, 3.05) is 13.1 Å². The maximum Gasteiger partial charge on any atom is 0.225 e. The summed E-state index contributed by atoms with van der Waals surface area (Å²) in [5.74, 6) is 0.317. The number of carbonyl (C=O) groups is 1. The average molecular weight is 393 g/mol. The summed E-state index contributed by atoms with van der Waals surface area (Å²) in [7, 11) is 1.91. The predicted molar refractivity (Wildman–Crippen MR) is 106 cm³/mol. The molecule has 0 saturated carbocycles. The van der Waals surface area contributed by atoms with E-state index >= 15 is 0 Å². The molecule has 1 saturated heterocycles. The predicted octanol–water partition coefficient (Wildman–Crippen LogP) is 1.60. The number of fused-ring (bicyclic) bond motifs is 1. The highest BCUT2D eigenvalue weighted by atomic mass is 35.5. The van der Waals surface area contributed by atoms with Crippen LogP contribution in [0, 0.1) is 5.92 Å². The smallest absolute Gasteiger partial charge is 0.225 e. The van der Waals surface area contributed by atoms with Crippen LogP contribution in [0.5, 0.6) is 0 Å². The van der Waals surface area contributed by atoms with Crippen molar-refractivity contribution in [3.8, 4) is 0 Å². The number of halogens is 1. The highest BCUT2D eigenvalue weighted by Crippen LogP contribution is 2.29. The first-order valence-electron chi connectivity index (χ1n) is 9.58. The Bertz CT molecular complexity index is 798. The van der Waals surface area contributed by atoms with Gasteiger partial charge in [0, 0.05) is 57.0 Å². The summed E-state index contributed by atoms with van der Waals surface area (Å²) < 4.78 is 3.84. The molecule has 1 aliphatic heterocycles. The number of amides is 1. The molecule has 2 aromatic rings. The molecule has 2 aliphatic rings. The molecule has 1 amide bonds. The van der Waals surface area contributed by atoms with Crippen molar-refractivity contribution in [2.45, 2.75) is 51.1 Å². The van der Waals surface area contributed by atoms with Gasteiger partial charge in [0.05, 0.1) is 17.8 Å². The molecule has 0 bridgehead atoms. The fraction of sp³-hybridized carbons (Fsp3) is 0.632. The monoisotopic (exact) mass is 392 g/mol. The van der Waals surface area contributed by atoms with Crippen LogP contribution in [0.4, 0.5) is 0 Å². The highest BCUT2D eigenvalue weighted by molar-refractivity contribution is 5.85. The summed E-state index contributed by atoms with van der Waals surface area (Å²) in [5.41, 5.74) is 3.61. The van der Waals surface area contributed by atoms with E-state index in [1.54, 1.807) is 4.68 Å². The SMILES string of the molecule is CC(C)n1cc2c(n1)CC(NC(=O)[C@H]1CNC[C@@H]1c1cnn(C)c1)CC2.Cl. The second kappa shape index (κ2) is 8.02. The number of nitrogens with one attached hydrogen (secondary N) is 2. The molecule has 2 N–H and O–H groups in total. The number of rotatable bonds is 4. The van der Waals surface area contributed by atoms with E-state index in [0.29, 0.717) is 6.04 Å².